The van der Waals surface area contributed by atoms with E-state index >= 15 is 0 Å². The van der Waals surface area contributed by atoms with Crippen LogP contribution >= 0.6 is 0 Å². The van der Waals surface area contributed by atoms with E-state index in [0.717, 1.165) is 0 Å². The summed E-state index contributed by atoms with van der Waals surface area (Å²) in [5, 5.41) is 44.3. The molecule has 5 N–H and O–H groups in total. The summed E-state index contributed by atoms with van der Waals surface area (Å²) in [5.41, 5.74) is -0.0707. The Kier molecular flexibility index (Phi) is 7.78. The van der Waals surface area contributed by atoms with Crippen LogP contribution in [0.15, 0.2) is 45.6 Å². The second kappa shape index (κ2) is 10.9. The van der Waals surface area contributed by atoms with E-state index in [1.807, 2.05) is 0 Å². The van der Waals surface area contributed by atoms with Crippen molar-refractivity contribution in [2.75, 3.05) is 14.2 Å². The van der Waals surface area contributed by atoms with Crippen LogP contribution in [0.4, 0.5) is 0 Å². The Morgan fingerprint density at radius 2 is 1.68 bits per heavy atom. The zero-order chi connectivity index (χ0) is 27.7. The number of aromatic hydroxyl groups is 1. The van der Waals surface area contributed by atoms with Gasteiger partial charge in [0.25, 0.3) is 5.91 Å². The fourth-order valence-corrected chi connectivity index (χ4v) is 4.10. The van der Waals surface area contributed by atoms with Gasteiger partial charge >= 0.3 is 0 Å². The van der Waals surface area contributed by atoms with Crippen LogP contribution in [0.2, 0.25) is 0 Å². The van der Waals surface area contributed by atoms with E-state index in [9.17, 15) is 30.0 Å². The van der Waals surface area contributed by atoms with E-state index in [4.69, 9.17) is 23.4 Å². The number of hydrogen-bond acceptors (Lipinski definition) is 11. The van der Waals surface area contributed by atoms with Crippen molar-refractivity contribution in [2.45, 2.75) is 50.6 Å². The van der Waals surface area contributed by atoms with Gasteiger partial charge in [0.15, 0.2) is 23.0 Å². The quantitative estimate of drug-likeness (QED) is 0.293. The number of carbonyl (C=O) groups is 1. The summed E-state index contributed by atoms with van der Waals surface area (Å²) in [4.78, 5) is 25.4. The Bertz CT molecular complexity index is 1370. The number of hydrogen-bond donors (Lipinski definition) is 5. The van der Waals surface area contributed by atoms with E-state index in [1.54, 1.807) is 38.1 Å². The van der Waals surface area contributed by atoms with Gasteiger partial charge in [-0.25, -0.2) is 0 Å². The Balaban J connectivity index is 1.74. The standard InChI is InChI=1S/C26H29NO11/c1-11(2)27-25(33)24-21(31)20(30)22(32)26(38-24)37-17-10-16-18(19(29)23(17)35-4)14(28)9-15(36-16)12-5-7-13(34-3)8-6-12/h5-11,20-22,24,26,29-32H,1-4H3,(H,27,33). The number of phenols is 1. The first-order valence-electron chi connectivity index (χ1n) is 11.7. The van der Waals surface area contributed by atoms with Crippen molar-refractivity contribution in [1.82, 2.24) is 5.32 Å². The van der Waals surface area contributed by atoms with Gasteiger partial charge in [-0.15, -0.1) is 0 Å². The minimum absolute atomic E-state index is 0.0726. The van der Waals surface area contributed by atoms with Gasteiger partial charge in [-0.05, 0) is 38.1 Å². The molecule has 1 aliphatic heterocycles. The first-order valence-corrected chi connectivity index (χ1v) is 11.7. The average Bonchev–Trinajstić information content (AvgIpc) is 2.88. The predicted molar refractivity (Wildman–Crippen MR) is 133 cm³/mol. The minimum atomic E-state index is -1.80. The molecule has 1 saturated heterocycles. The fraction of sp³-hybridized carbons (Fsp3) is 0.385. The number of amides is 1. The molecule has 2 aromatic carbocycles. The highest BCUT2D eigenvalue weighted by atomic mass is 16.7. The molecule has 3 aromatic rings. The van der Waals surface area contributed by atoms with Crippen LogP contribution in [-0.4, -0.2) is 77.3 Å². The van der Waals surface area contributed by atoms with Crippen molar-refractivity contribution in [3.63, 3.8) is 0 Å². The van der Waals surface area contributed by atoms with Crippen LogP contribution in [0.25, 0.3) is 22.3 Å². The molecule has 204 valence electrons. The Hall–Kier alpha value is -3.84. The number of aliphatic hydroxyl groups is 3. The lowest BCUT2D eigenvalue weighted by Gasteiger charge is -2.39. The Morgan fingerprint density at radius 1 is 1.00 bits per heavy atom. The zero-order valence-corrected chi connectivity index (χ0v) is 21.1. The number of aliphatic hydroxyl groups excluding tert-OH is 3. The van der Waals surface area contributed by atoms with Gasteiger partial charge in [0.2, 0.25) is 12.0 Å². The number of rotatable bonds is 7. The summed E-state index contributed by atoms with van der Waals surface area (Å²) in [6, 6.07) is 8.92. The van der Waals surface area contributed by atoms with Crippen LogP contribution < -0.4 is 25.0 Å². The molecule has 1 aromatic heterocycles. The molecule has 12 nitrogen and oxygen atoms in total. The smallest absolute Gasteiger partial charge is 0.252 e. The molecule has 1 amide bonds. The second-order valence-corrected chi connectivity index (χ2v) is 9.01. The van der Waals surface area contributed by atoms with Gasteiger partial charge in [-0.1, -0.05) is 0 Å². The second-order valence-electron chi connectivity index (χ2n) is 9.01. The third-order valence-corrected chi connectivity index (χ3v) is 5.99. The lowest BCUT2D eigenvalue weighted by Crippen LogP contribution is -2.63. The highest BCUT2D eigenvalue weighted by Gasteiger charge is 2.48. The Morgan fingerprint density at radius 3 is 2.29 bits per heavy atom. The molecule has 5 unspecified atom stereocenters. The molecule has 12 heteroatoms. The molecular formula is C26H29NO11. The molecule has 1 aliphatic rings. The average molecular weight is 532 g/mol. The van der Waals surface area contributed by atoms with E-state index in [1.165, 1.54) is 26.4 Å². The molecular weight excluding hydrogens is 502 g/mol. The molecule has 0 aliphatic carbocycles. The van der Waals surface area contributed by atoms with E-state index in [0.29, 0.717) is 11.3 Å². The minimum Gasteiger partial charge on any atom is -0.504 e. The molecule has 38 heavy (non-hydrogen) atoms. The molecule has 1 fully saturated rings. The number of ether oxygens (including phenoxy) is 4. The van der Waals surface area contributed by atoms with Crippen molar-refractivity contribution in [3.8, 4) is 34.3 Å². The third-order valence-electron chi connectivity index (χ3n) is 5.99. The van der Waals surface area contributed by atoms with Crippen LogP contribution in [0.1, 0.15) is 13.8 Å². The number of methoxy groups -OCH3 is 2. The molecule has 0 bridgehead atoms. The summed E-state index contributed by atoms with van der Waals surface area (Å²) < 4.78 is 27.5. The SMILES string of the molecule is COc1ccc(-c2cc(=O)c3c(O)c(OC)c(OC4OC(C(=O)NC(C)C)C(O)C(O)C4O)cc3o2)cc1. The summed E-state index contributed by atoms with van der Waals surface area (Å²) in [6.45, 7) is 3.39. The highest BCUT2D eigenvalue weighted by molar-refractivity contribution is 5.89. The number of nitrogens with one attached hydrogen (secondary N) is 1. The summed E-state index contributed by atoms with van der Waals surface area (Å²) in [6.07, 6.45) is -8.55. The van der Waals surface area contributed by atoms with Gasteiger partial charge in [0.1, 0.15) is 40.8 Å². The molecule has 0 spiro atoms. The van der Waals surface area contributed by atoms with E-state index in [-0.39, 0.29) is 34.3 Å². The zero-order valence-electron chi connectivity index (χ0n) is 21.1. The van der Waals surface area contributed by atoms with Gasteiger partial charge < -0.3 is 49.1 Å². The lowest BCUT2D eigenvalue weighted by molar-refractivity contribution is -0.267. The molecule has 0 saturated carbocycles. The molecule has 5 atom stereocenters. The first-order chi connectivity index (χ1) is 18.0. The fourth-order valence-electron chi connectivity index (χ4n) is 4.10. The molecule has 0 radical (unpaired) electrons. The van der Waals surface area contributed by atoms with Crippen molar-refractivity contribution in [3.05, 3.63) is 46.6 Å². The lowest BCUT2D eigenvalue weighted by atomic mass is 9.98. The summed E-state index contributed by atoms with van der Waals surface area (Å²) in [5.74, 6) is -1.01. The maximum atomic E-state index is 12.9. The molecule has 2 heterocycles. The van der Waals surface area contributed by atoms with Crippen LogP contribution in [0.5, 0.6) is 23.0 Å². The van der Waals surface area contributed by atoms with Gasteiger partial charge in [0, 0.05) is 23.7 Å². The third kappa shape index (κ3) is 5.11. The maximum Gasteiger partial charge on any atom is 0.252 e. The number of carbonyl (C=O) groups excluding carboxylic acids is 1. The van der Waals surface area contributed by atoms with Crippen molar-refractivity contribution >= 4 is 16.9 Å². The normalized spacial score (nSPS) is 23.3. The number of benzene rings is 2. The topological polar surface area (TPSA) is 177 Å². The Labute approximate surface area is 216 Å². The van der Waals surface area contributed by atoms with Crippen molar-refractivity contribution in [2.24, 2.45) is 0 Å². The maximum absolute atomic E-state index is 12.9. The highest BCUT2D eigenvalue weighted by Crippen LogP contribution is 2.43. The van der Waals surface area contributed by atoms with Gasteiger partial charge in [0.05, 0.1) is 14.2 Å². The summed E-state index contributed by atoms with van der Waals surface area (Å²) in [7, 11) is 2.74. The number of fused-ring (bicyclic) bond motifs is 1. The molecule has 4 rings (SSSR count). The predicted octanol–water partition coefficient (Wildman–Crippen LogP) is 0.894. The van der Waals surface area contributed by atoms with Crippen LogP contribution in [-0.2, 0) is 9.53 Å². The first kappa shape index (κ1) is 27.2. The van der Waals surface area contributed by atoms with E-state index in [2.05, 4.69) is 5.32 Å². The van der Waals surface area contributed by atoms with Crippen molar-refractivity contribution < 1.29 is 48.6 Å². The van der Waals surface area contributed by atoms with Crippen LogP contribution in [0.3, 0.4) is 0 Å². The monoisotopic (exact) mass is 531 g/mol. The van der Waals surface area contributed by atoms with Gasteiger partial charge in [-0.2, -0.15) is 0 Å². The van der Waals surface area contributed by atoms with Crippen molar-refractivity contribution in [1.29, 1.82) is 0 Å². The van der Waals surface area contributed by atoms with E-state index < -0.39 is 47.8 Å². The van der Waals surface area contributed by atoms with Crippen LogP contribution in [0, 0.1) is 0 Å². The largest absolute Gasteiger partial charge is 0.504 e. The summed E-state index contributed by atoms with van der Waals surface area (Å²) >= 11 is 0. The number of phenolic OH excluding ortho intramolecular Hbond substituents is 1. The van der Waals surface area contributed by atoms with Gasteiger partial charge in [-0.3, -0.25) is 9.59 Å².